The molecule has 3 aromatic rings. The lowest BCUT2D eigenvalue weighted by Crippen LogP contribution is -2.14. The first-order valence-corrected chi connectivity index (χ1v) is 9.31. The van der Waals surface area contributed by atoms with Crippen molar-refractivity contribution in [2.24, 2.45) is 0 Å². The predicted molar refractivity (Wildman–Crippen MR) is 111 cm³/mol. The predicted octanol–water partition coefficient (Wildman–Crippen LogP) is 5.94. The molecule has 0 spiro atoms. The van der Waals surface area contributed by atoms with E-state index in [0.717, 1.165) is 0 Å². The van der Waals surface area contributed by atoms with Crippen molar-refractivity contribution in [3.8, 4) is 16.9 Å². The summed E-state index contributed by atoms with van der Waals surface area (Å²) in [5.74, 6) is -2.00. The van der Waals surface area contributed by atoms with Gasteiger partial charge in [-0.2, -0.15) is 0 Å². The molecule has 0 radical (unpaired) electrons. The number of hydrogen-bond donors (Lipinski definition) is 2. The maximum Gasteiger partial charge on any atom is 0.336 e. The summed E-state index contributed by atoms with van der Waals surface area (Å²) in [5, 5.41) is 20.5. The van der Waals surface area contributed by atoms with Crippen molar-refractivity contribution in [3.63, 3.8) is 0 Å². The Bertz CT molecular complexity index is 1090. The third-order valence-electron chi connectivity index (χ3n) is 4.44. The first-order chi connectivity index (χ1) is 13.8. The molecular formula is C22H16Cl2O5. The standard InChI is InChI=1S/C22H16Cl2O5/c1-12-10-16(21(25)26)19(15-4-2-3-5-18(15)24)20(22(27)28)17(12)11-29-14-8-6-13(23)7-9-14/h2-10H,11H2,1H3,(H,25,26)(H,27,28). The van der Waals surface area contributed by atoms with E-state index >= 15 is 0 Å². The Kier molecular flexibility index (Phi) is 6.11. The van der Waals surface area contributed by atoms with Gasteiger partial charge >= 0.3 is 11.9 Å². The van der Waals surface area contributed by atoms with Crippen LogP contribution in [0.5, 0.6) is 5.75 Å². The number of aryl methyl sites for hydroxylation is 1. The minimum atomic E-state index is -1.26. The zero-order valence-corrected chi connectivity index (χ0v) is 16.8. The molecule has 29 heavy (non-hydrogen) atoms. The van der Waals surface area contributed by atoms with E-state index in [-0.39, 0.29) is 28.3 Å². The molecule has 0 bridgehead atoms. The van der Waals surface area contributed by atoms with Gasteiger partial charge in [0.2, 0.25) is 0 Å². The summed E-state index contributed by atoms with van der Waals surface area (Å²) >= 11 is 12.1. The van der Waals surface area contributed by atoms with E-state index in [1.165, 1.54) is 6.07 Å². The second kappa shape index (κ2) is 8.55. The molecule has 0 unspecified atom stereocenters. The van der Waals surface area contributed by atoms with Crippen LogP contribution in [0.15, 0.2) is 54.6 Å². The number of carbonyl (C=O) groups is 2. The van der Waals surface area contributed by atoms with Crippen molar-refractivity contribution in [2.45, 2.75) is 13.5 Å². The molecule has 0 atom stereocenters. The minimum absolute atomic E-state index is 0.0518. The highest BCUT2D eigenvalue weighted by atomic mass is 35.5. The Labute approximate surface area is 177 Å². The zero-order chi connectivity index (χ0) is 21.1. The molecule has 0 aliphatic heterocycles. The van der Waals surface area contributed by atoms with Gasteiger partial charge in [-0.1, -0.05) is 41.4 Å². The molecule has 0 saturated carbocycles. The first-order valence-electron chi connectivity index (χ1n) is 8.56. The number of carboxylic acids is 2. The van der Waals surface area contributed by atoms with Gasteiger partial charge in [0.1, 0.15) is 12.4 Å². The average Bonchev–Trinajstić information content (AvgIpc) is 2.68. The van der Waals surface area contributed by atoms with Crippen LogP contribution in [0.25, 0.3) is 11.1 Å². The Balaban J connectivity index is 2.19. The highest BCUT2D eigenvalue weighted by Crippen LogP contribution is 2.37. The second-order valence-corrected chi connectivity index (χ2v) is 7.15. The molecule has 7 heteroatoms. The zero-order valence-electron chi connectivity index (χ0n) is 15.3. The summed E-state index contributed by atoms with van der Waals surface area (Å²) in [7, 11) is 0. The van der Waals surface area contributed by atoms with Gasteiger partial charge in [0.05, 0.1) is 11.1 Å². The van der Waals surface area contributed by atoms with E-state index in [9.17, 15) is 19.8 Å². The number of benzene rings is 3. The Hall–Kier alpha value is -3.02. The van der Waals surface area contributed by atoms with Crippen LogP contribution in [-0.4, -0.2) is 22.2 Å². The van der Waals surface area contributed by atoms with Gasteiger partial charge < -0.3 is 14.9 Å². The summed E-state index contributed by atoms with van der Waals surface area (Å²) in [4.78, 5) is 24.1. The van der Waals surface area contributed by atoms with Crippen molar-refractivity contribution < 1.29 is 24.5 Å². The monoisotopic (exact) mass is 430 g/mol. The van der Waals surface area contributed by atoms with Crippen molar-refractivity contribution in [1.82, 2.24) is 0 Å². The van der Waals surface area contributed by atoms with Crippen LogP contribution in [0.3, 0.4) is 0 Å². The Morgan fingerprint density at radius 1 is 0.966 bits per heavy atom. The molecule has 3 rings (SSSR count). The summed E-state index contributed by atoms with van der Waals surface area (Å²) in [5.41, 5.74) is 0.956. The maximum absolute atomic E-state index is 12.2. The van der Waals surface area contributed by atoms with Gasteiger partial charge in [0, 0.05) is 26.7 Å². The second-order valence-electron chi connectivity index (χ2n) is 6.30. The molecule has 0 heterocycles. The van der Waals surface area contributed by atoms with Gasteiger partial charge in [-0.05, 0) is 48.9 Å². The van der Waals surface area contributed by atoms with Crippen LogP contribution in [0.2, 0.25) is 10.0 Å². The number of hydrogen-bond acceptors (Lipinski definition) is 3. The molecule has 0 amide bonds. The summed E-state index contributed by atoms with van der Waals surface area (Å²) in [6.45, 7) is 1.59. The van der Waals surface area contributed by atoms with Crippen LogP contribution >= 0.6 is 23.2 Å². The van der Waals surface area contributed by atoms with Gasteiger partial charge in [-0.3, -0.25) is 0 Å². The number of ether oxygens (including phenoxy) is 1. The van der Waals surface area contributed by atoms with Gasteiger partial charge in [-0.15, -0.1) is 0 Å². The van der Waals surface area contributed by atoms with Crippen molar-refractivity contribution >= 4 is 35.1 Å². The highest BCUT2D eigenvalue weighted by molar-refractivity contribution is 6.34. The third kappa shape index (κ3) is 4.36. The van der Waals surface area contributed by atoms with E-state index in [2.05, 4.69) is 0 Å². The van der Waals surface area contributed by atoms with Crippen LogP contribution in [0, 0.1) is 6.92 Å². The van der Waals surface area contributed by atoms with E-state index in [4.69, 9.17) is 27.9 Å². The molecule has 0 saturated heterocycles. The van der Waals surface area contributed by atoms with Crippen LogP contribution in [-0.2, 0) is 6.61 Å². The molecule has 0 aliphatic carbocycles. The molecule has 0 fully saturated rings. The maximum atomic E-state index is 12.2. The minimum Gasteiger partial charge on any atom is -0.489 e. The molecule has 0 aromatic heterocycles. The average molecular weight is 431 g/mol. The molecule has 0 aliphatic rings. The molecule has 5 nitrogen and oxygen atoms in total. The summed E-state index contributed by atoms with van der Waals surface area (Å²) in [6.07, 6.45) is 0. The summed E-state index contributed by atoms with van der Waals surface area (Å²) < 4.78 is 5.74. The van der Waals surface area contributed by atoms with Crippen LogP contribution < -0.4 is 4.74 Å². The quantitative estimate of drug-likeness (QED) is 0.504. The van der Waals surface area contributed by atoms with Gasteiger partial charge in [-0.25, -0.2) is 9.59 Å². The Morgan fingerprint density at radius 3 is 2.21 bits per heavy atom. The van der Waals surface area contributed by atoms with E-state index in [1.807, 2.05) is 0 Å². The molecule has 2 N–H and O–H groups in total. The number of rotatable bonds is 6. The number of aromatic carboxylic acids is 2. The van der Waals surface area contributed by atoms with E-state index < -0.39 is 11.9 Å². The van der Waals surface area contributed by atoms with E-state index in [0.29, 0.717) is 27.5 Å². The van der Waals surface area contributed by atoms with E-state index in [1.54, 1.807) is 55.5 Å². The Morgan fingerprint density at radius 2 is 1.62 bits per heavy atom. The highest BCUT2D eigenvalue weighted by Gasteiger charge is 2.26. The third-order valence-corrected chi connectivity index (χ3v) is 5.02. The molecule has 148 valence electrons. The van der Waals surface area contributed by atoms with Crippen molar-refractivity contribution in [3.05, 3.63) is 86.9 Å². The van der Waals surface area contributed by atoms with Crippen molar-refractivity contribution in [1.29, 1.82) is 0 Å². The summed E-state index contributed by atoms with van der Waals surface area (Å²) in [6, 6.07) is 14.6. The molecule has 3 aromatic carbocycles. The van der Waals surface area contributed by atoms with Crippen LogP contribution in [0.1, 0.15) is 31.8 Å². The lowest BCUT2D eigenvalue weighted by Gasteiger charge is -2.19. The largest absolute Gasteiger partial charge is 0.489 e. The topological polar surface area (TPSA) is 83.8 Å². The van der Waals surface area contributed by atoms with Gasteiger partial charge in [0.15, 0.2) is 0 Å². The lowest BCUT2D eigenvalue weighted by molar-refractivity contribution is 0.0694. The van der Waals surface area contributed by atoms with Crippen molar-refractivity contribution in [2.75, 3.05) is 0 Å². The fourth-order valence-electron chi connectivity index (χ4n) is 3.08. The smallest absolute Gasteiger partial charge is 0.336 e. The number of halogens is 2. The fourth-order valence-corrected chi connectivity index (χ4v) is 3.44. The SMILES string of the molecule is Cc1cc(C(=O)O)c(-c2ccccc2Cl)c(C(=O)O)c1COc1ccc(Cl)cc1. The fraction of sp³-hybridized carbons (Fsp3) is 0.0909. The molecular weight excluding hydrogens is 415 g/mol. The first kappa shape index (κ1) is 20.7. The number of carboxylic acid groups (broad SMARTS) is 2. The van der Waals surface area contributed by atoms with Gasteiger partial charge in [0.25, 0.3) is 0 Å². The lowest BCUT2D eigenvalue weighted by atomic mass is 9.88. The van der Waals surface area contributed by atoms with Crippen LogP contribution in [0.4, 0.5) is 0 Å². The normalized spacial score (nSPS) is 10.6.